The Morgan fingerprint density at radius 3 is 1.02 bits per heavy atom. The number of esters is 4. The number of H-pyrrole nitrogens is 1. The third-order valence-electron chi connectivity index (χ3n) is 26.8. The molecule has 0 amide bonds. The second-order valence-electron chi connectivity index (χ2n) is 40.5. The van der Waals surface area contributed by atoms with E-state index in [1.807, 2.05) is 155 Å². The molecule has 768 valence electrons. The summed E-state index contributed by atoms with van der Waals surface area (Å²) >= 11 is 0. The second kappa shape index (κ2) is 50.1. The van der Waals surface area contributed by atoms with Crippen molar-refractivity contribution >= 4 is 89.1 Å². The first kappa shape index (κ1) is 118. The fourth-order valence-electron chi connectivity index (χ4n) is 18.3. The Kier molecular flexibility index (Phi) is 40.7. The van der Waals surface area contributed by atoms with E-state index < -0.39 is 144 Å². The Balaban J connectivity index is 0.000000298. The minimum atomic E-state index is -0.996. The number of hydrogen-bond donors (Lipinski definition) is 8. The quantitative estimate of drug-likeness (QED) is 0.00622. The van der Waals surface area contributed by atoms with Crippen LogP contribution in [0.25, 0.3) is 40.2 Å². The molecule has 11 aromatic rings. The topological polar surface area (TPSA) is 482 Å². The van der Waals surface area contributed by atoms with Crippen LogP contribution in [0.15, 0.2) is 262 Å². The summed E-state index contributed by atoms with van der Waals surface area (Å²) in [7, 11) is 0. The molecule has 6 unspecified atom stereocenters. The maximum absolute atomic E-state index is 13.8. The van der Waals surface area contributed by atoms with E-state index in [9.17, 15) is 92.7 Å². The predicted molar refractivity (Wildman–Crippen MR) is 548 cm³/mol. The number of carbonyl (C=O) groups is 14. The minimum absolute atomic E-state index is 0.0571. The molecule has 31 nitrogen and oxygen atoms in total. The monoisotopic (exact) mass is 1980 g/mol. The number of ether oxygens (including phenoxy) is 4. The Morgan fingerprint density at radius 2 is 0.724 bits per heavy atom. The van der Waals surface area contributed by atoms with Crippen molar-refractivity contribution < 1.29 is 122 Å². The molecular formula is C114H132N6O25. The molecule has 31 heteroatoms. The number of carboxylic acids is 6. The number of benzene rings is 8. The number of Topliss-reactive ketones (excluding diaryl/α,β-unsaturated/α-hetero) is 2. The first-order valence-corrected chi connectivity index (χ1v) is 46.5. The summed E-state index contributed by atoms with van der Waals surface area (Å²) in [6.07, 6.45) is 11.1. The number of aliphatic carboxylic acids is 5. The van der Waals surface area contributed by atoms with Crippen molar-refractivity contribution in [1.29, 1.82) is 0 Å². The van der Waals surface area contributed by atoms with Crippen molar-refractivity contribution in [2.75, 3.05) is 13.2 Å². The van der Waals surface area contributed by atoms with Gasteiger partial charge >= 0.3 is 59.7 Å². The van der Waals surface area contributed by atoms with Crippen molar-refractivity contribution in [2.45, 2.75) is 171 Å². The van der Waals surface area contributed by atoms with E-state index in [2.05, 4.69) is 42.6 Å². The number of phenols is 1. The number of aromatic hydroxyl groups is 1. The maximum atomic E-state index is 13.8. The van der Waals surface area contributed by atoms with Gasteiger partial charge in [0.2, 0.25) is 11.6 Å². The summed E-state index contributed by atoms with van der Waals surface area (Å²) < 4.78 is 23.2. The molecular weight excluding hydrogens is 1850 g/mol. The van der Waals surface area contributed by atoms with Gasteiger partial charge in [0, 0.05) is 67.7 Å². The summed E-state index contributed by atoms with van der Waals surface area (Å²) in [6.45, 7) is 48.4. The normalized spacial score (nSPS) is 12.8. The summed E-state index contributed by atoms with van der Waals surface area (Å²) in [4.78, 5) is 181. The van der Waals surface area contributed by atoms with Crippen LogP contribution in [-0.2, 0) is 52.6 Å². The number of phenolic OH excluding ortho intramolecular Hbond substituents is 1. The molecule has 0 fully saturated rings. The van der Waals surface area contributed by atoms with Crippen molar-refractivity contribution in [2.24, 2.45) is 67.0 Å². The number of nitrogens with zero attached hydrogens (tertiary/aromatic N) is 5. The highest BCUT2D eigenvalue weighted by Crippen LogP contribution is 2.65. The van der Waals surface area contributed by atoms with E-state index in [0.29, 0.717) is 67.5 Å². The van der Waals surface area contributed by atoms with Gasteiger partial charge in [0.15, 0.2) is 11.6 Å². The van der Waals surface area contributed by atoms with Gasteiger partial charge in [0.25, 0.3) is 11.8 Å². The maximum Gasteiger partial charge on any atom is 0.374 e. The van der Waals surface area contributed by atoms with Crippen LogP contribution in [0, 0.1) is 67.0 Å². The zero-order valence-corrected chi connectivity index (χ0v) is 86.2. The van der Waals surface area contributed by atoms with Crippen LogP contribution in [0.3, 0.4) is 0 Å². The van der Waals surface area contributed by atoms with Crippen LogP contribution >= 0.6 is 0 Å². The SMILES string of the molecule is C=C(C)C(=O)O.C=Cc1ccc(OC(=O)c2ccccc2)c(-c2nccn2C(=O)c2ccccc2)c1.CC(=O)C(=O)OCCOC(=O)C(C)=O.CC(C(=O)O)C(C)(C)C(c1ccc(O)c(-c2ncc[nH]2)c1)C(C)(C)C(C)(C)C(C(=O)O)C(C)(C)C.CC(C(=O)O)C(C)(C)C(c1ccc(OC(=O)c2ccccc2)c(-c2nccn2C(=O)c2ccccc2)c1)C(C)(C)C(C)(C)C(C(=O)O)C(C)(C)C.O=C(O)c1ccccc1. The molecule has 0 aliphatic rings. The molecule has 0 aliphatic heterocycles. The number of aromatic amines is 1. The molecule has 11 rings (SSSR count). The van der Waals surface area contributed by atoms with E-state index in [1.54, 1.807) is 227 Å². The molecule has 6 atom stereocenters. The van der Waals surface area contributed by atoms with Crippen LogP contribution < -0.4 is 9.47 Å². The highest BCUT2D eigenvalue weighted by atomic mass is 16.6. The van der Waals surface area contributed by atoms with E-state index in [-0.39, 0.29) is 53.8 Å². The molecule has 0 spiro atoms. The Labute approximate surface area is 844 Å². The largest absolute Gasteiger partial charge is 0.507 e. The van der Waals surface area contributed by atoms with Gasteiger partial charge in [-0.3, -0.25) is 47.5 Å². The van der Waals surface area contributed by atoms with Crippen molar-refractivity contribution in [3.63, 3.8) is 0 Å². The number of aromatic nitrogens is 6. The highest BCUT2D eigenvalue weighted by Gasteiger charge is 2.60. The first-order valence-electron chi connectivity index (χ1n) is 46.5. The van der Waals surface area contributed by atoms with Gasteiger partial charge in [-0.05, 0) is 176 Å². The average Bonchev–Trinajstić information content (AvgIpc) is 1.72. The van der Waals surface area contributed by atoms with Gasteiger partial charge in [0.1, 0.15) is 36.3 Å². The molecule has 8 aromatic carbocycles. The van der Waals surface area contributed by atoms with Gasteiger partial charge in [-0.2, -0.15) is 0 Å². The minimum Gasteiger partial charge on any atom is -0.507 e. The number of carbonyl (C=O) groups excluding carboxylic acids is 8. The van der Waals surface area contributed by atoms with E-state index in [1.165, 1.54) is 22.3 Å². The molecule has 0 radical (unpaired) electrons. The summed E-state index contributed by atoms with van der Waals surface area (Å²) in [6, 6.07) is 59.0. The van der Waals surface area contributed by atoms with Crippen LogP contribution in [0.5, 0.6) is 17.2 Å². The lowest BCUT2D eigenvalue weighted by Gasteiger charge is -2.57. The van der Waals surface area contributed by atoms with Gasteiger partial charge in [-0.1, -0.05) is 267 Å². The number of rotatable bonds is 33. The summed E-state index contributed by atoms with van der Waals surface area (Å²) in [5, 5.41) is 68.2. The number of carboxylic acid groups (broad SMARTS) is 6. The summed E-state index contributed by atoms with van der Waals surface area (Å²) in [5.74, 6) is -13.1. The Morgan fingerprint density at radius 1 is 0.400 bits per heavy atom. The number of imidazole rings is 3. The van der Waals surface area contributed by atoms with Gasteiger partial charge in [-0.15, -0.1) is 0 Å². The fourth-order valence-corrected chi connectivity index (χ4v) is 18.3. The molecule has 0 bridgehead atoms. The Bertz CT molecular complexity index is 6400. The molecule has 0 saturated carbocycles. The van der Waals surface area contributed by atoms with Crippen LogP contribution in [-0.4, -0.2) is 161 Å². The molecule has 3 heterocycles. The second-order valence-corrected chi connectivity index (χ2v) is 40.5. The van der Waals surface area contributed by atoms with Gasteiger partial charge in [0.05, 0.1) is 57.1 Å². The molecule has 0 aliphatic carbocycles. The summed E-state index contributed by atoms with van der Waals surface area (Å²) in [5.41, 5.74) is -0.163. The average molecular weight is 1990 g/mol. The predicted octanol–water partition coefficient (Wildman–Crippen LogP) is 21.9. The van der Waals surface area contributed by atoms with Crippen LogP contribution in [0.2, 0.25) is 0 Å². The lowest BCUT2D eigenvalue weighted by atomic mass is 9.46. The van der Waals surface area contributed by atoms with E-state index in [0.717, 1.165) is 25.0 Å². The van der Waals surface area contributed by atoms with E-state index in [4.69, 9.17) is 19.7 Å². The smallest absolute Gasteiger partial charge is 0.374 e. The Hall–Kier alpha value is -16.0. The van der Waals surface area contributed by atoms with Gasteiger partial charge in [-0.25, -0.2) is 43.7 Å². The van der Waals surface area contributed by atoms with Crippen molar-refractivity contribution in [1.82, 2.24) is 29.1 Å². The molecule has 145 heavy (non-hydrogen) atoms. The van der Waals surface area contributed by atoms with Crippen molar-refractivity contribution in [3.05, 3.63) is 307 Å². The number of nitrogens with one attached hydrogen (secondary N) is 1. The third kappa shape index (κ3) is 29.9. The van der Waals surface area contributed by atoms with E-state index >= 15 is 0 Å². The number of aromatic carboxylic acids is 1. The van der Waals surface area contributed by atoms with Crippen molar-refractivity contribution in [3.8, 4) is 51.4 Å². The van der Waals surface area contributed by atoms with Gasteiger partial charge < -0.3 is 59.7 Å². The lowest BCUT2D eigenvalue weighted by Crippen LogP contribution is -2.54. The zero-order chi connectivity index (χ0) is 109. The molecule has 0 saturated heterocycles. The molecule has 8 N–H and O–H groups in total. The standard InChI is InChI=1S/C42H50N2O7.C28H42N2O5.C25H18N2O3.C8H10O6.C7H6O2.C4H6O2/c1-26(36(46)47)40(5,6)32(41(7,8)42(9,10)33(37(48)49)39(2,3)4)29-21-22-31(51-38(50)28-19-15-12-16-20-28)30(25-29)34-43-23-24-44(34)35(45)27-17-13-11-14-18-27;1-16(23(32)33)26(5,6)20(17-11-12-19(31)18(15-17)22-29-13-14-30-22)27(7,8)28(9,10)21(24(34)35)25(2,3)4;1-2-18-13-14-22(30-25(29)20-11-7-4-8-12-20)21(17-18)23-26-15-16-27(23)24(28)19-9-5-3-6-10-19;1-5(9)7(11)13-3-4-14-8(12)6(2)10;8-7(9)6-4-2-1-3-5-6;1-3(2)4(5)6/h11-26,32-33H,1-10H3,(H,46,47)(H,48,49);11-16,20-21,31H,1-10H3,(H,29,30)(H,32,33)(H,34,35);2-17H,1H2;3-4H2,1-2H3;1-5H,(H,8,9);1H2,2H3,(H,5,6). The fraction of sp³-hybridized carbons (Fsp3) is 0.342. The zero-order valence-electron chi connectivity index (χ0n) is 86.2. The third-order valence-corrected chi connectivity index (χ3v) is 26.8. The highest BCUT2D eigenvalue weighted by molar-refractivity contribution is 6.33. The molecule has 3 aromatic heterocycles. The number of ketones is 2. The number of hydrogen-bond acceptors (Lipinski definition) is 22. The van der Waals surface area contributed by atoms with Crippen LogP contribution in [0.1, 0.15) is 240 Å². The first-order chi connectivity index (χ1) is 67.5. The van der Waals surface area contributed by atoms with Crippen LogP contribution in [0.4, 0.5) is 0 Å². The lowest BCUT2D eigenvalue weighted by molar-refractivity contribution is -0.163.